The molecule has 0 aromatic heterocycles. The third kappa shape index (κ3) is 4.79. The van der Waals surface area contributed by atoms with E-state index >= 15 is 0 Å². The van der Waals surface area contributed by atoms with Crippen LogP contribution >= 0.6 is 11.6 Å². The number of para-hydroxylation sites is 2. The van der Waals surface area contributed by atoms with E-state index in [2.05, 4.69) is 10.7 Å². The number of hydrogen-bond donors (Lipinski definition) is 2. The highest BCUT2D eigenvalue weighted by molar-refractivity contribution is 6.32. The van der Waals surface area contributed by atoms with Crippen molar-refractivity contribution in [3.8, 4) is 5.75 Å². The zero-order valence-corrected chi connectivity index (χ0v) is 17.5. The second kappa shape index (κ2) is 9.36. The van der Waals surface area contributed by atoms with Crippen LogP contribution in [-0.4, -0.2) is 24.3 Å². The van der Waals surface area contributed by atoms with E-state index in [1.165, 1.54) is 11.1 Å². The van der Waals surface area contributed by atoms with Crippen molar-refractivity contribution in [1.82, 2.24) is 5.43 Å². The topological polar surface area (TPSA) is 87.7 Å². The molecule has 0 radical (unpaired) electrons. The van der Waals surface area contributed by atoms with Crippen molar-refractivity contribution in [3.63, 3.8) is 0 Å². The summed E-state index contributed by atoms with van der Waals surface area (Å²) in [5.41, 5.74) is 4.05. The van der Waals surface area contributed by atoms with Crippen LogP contribution in [0.2, 0.25) is 5.02 Å². The molecule has 2 N–H and O–H groups in total. The van der Waals surface area contributed by atoms with E-state index in [4.69, 9.17) is 16.3 Å². The highest BCUT2D eigenvalue weighted by atomic mass is 35.5. The van der Waals surface area contributed by atoms with Gasteiger partial charge in [-0.3, -0.25) is 19.8 Å². The fourth-order valence-corrected chi connectivity index (χ4v) is 3.28. The Hall–Kier alpha value is -4.10. The van der Waals surface area contributed by atoms with Crippen molar-refractivity contribution in [3.05, 3.63) is 95.0 Å². The van der Waals surface area contributed by atoms with Gasteiger partial charge in [-0.25, -0.2) is 5.01 Å². The quantitative estimate of drug-likeness (QED) is 0.444. The zero-order valence-electron chi connectivity index (χ0n) is 16.7. The monoisotopic (exact) mass is 447 g/mol. The van der Waals surface area contributed by atoms with Crippen LogP contribution in [0.15, 0.2) is 84.4 Å². The molecule has 3 aromatic rings. The summed E-state index contributed by atoms with van der Waals surface area (Å²) in [4.78, 5) is 37.5. The molecule has 32 heavy (non-hydrogen) atoms. The van der Waals surface area contributed by atoms with E-state index in [0.29, 0.717) is 27.7 Å². The molecule has 1 aliphatic heterocycles. The average molecular weight is 448 g/mol. The Labute approximate surface area is 189 Å². The molecule has 8 heteroatoms. The first-order valence-corrected chi connectivity index (χ1v) is 10.1. The van der Waals surface area contributed by atoms with Gasteiger partial charge >= 0.3 is 0 Å². The number of hydrogen-bond acceptors (Lipinski definition) is 4. The lowest BCUT2D eigenvalue weighted by Crippen LogP contribution is -2.35. The fourth-order valence-electron chi connectivity index (χ4n) is 3.10. The van der Waals surface area contributed by atoms with Crippen LogP contribution in [0.25, 0.3) is 6.08 Å². The molecule has 0 aliphatic carbocycles. The number of anilines is 2. The van der Waals surface area contributed by atoms with Crippen LogP contribution in [-0.2, 0) is 14.4 Å². The zero-order chi connectivity index (χ0) is 22.5. The summed E-state index contributed by atoms with van der Waals surface area (Å²) in [5, 5.41) is 4.29. The van der Waals surface area contributed by atoms with Gasteiger partial charge in [0.05, 0.1) is 5.69 Å². The number of nitrogens with zero attached hydrogens (tertiary/aromatic N) is 1. The summed E-state index contributed by atoms with van der Waals surface area (Å²) >= 11 is 6.11. The predicted molar refractivity (Wildman–Crippen MR) is 122 cm³/mol. The number of halogens is 1. The summed E-state index contributed by atoms with van der Waals surface area (Å²) in [6.45, 7) is -0.261. The molecule has 1 aliphatic rings. The first-order valence-electron chi connectivity index (χ1n) is 9.71. The van der Waals surface area contributed by atoms with Crippen molar-refractivity contribution >= 4 is 46.8 Å². The van der Waals surface area contributed by atoms with Gasteiger partial charge in [0, 0.05) is 16.3 Å². The smallest absolute Gasteiger partial charge is 0.282 e. The molecule has 7 nitrogen and oxygen atoms in total. The Morgan fingerprint density at radius 3 is 2.41 bits per heavy atom. The Kier molecular flexibility index (Phi) is 6.19. The maximum atomic E-state index is 12.8. The van der Waals surface area contributed by atoms with Crippen molar-refractivity contribution < 1.29 is 19.1 Å². The van der Waals surface area contributed by atoms with Crippen LogP contribution in [0.4, 0.5) is 11.4 Å². The molecule has 1 saturated heterocycles. The Bertz CT molecular complexity index is 1200. The van der Waals surface area contributed by atoms with Crippen LogP contribution in [0, 0.1) is 0 Å². The first kappa shape index (κ1) is 21.1. The lowest BCUT2D eigenvalue weighted by Gasteiger charge is -2.14. The minimum Gasteiger partial charge on any atom is -0.483 e. The number of carbonyl (C=O) groups excluding carboxylic acids is 3. The largest absolute Gasteiger partial charge is 0.483 e. The van der Waals surface area contributed by atoms with Gasteiger partial charge < -0.3 is 10.1 Å². The Morgan fingerprint density at radius 2 is 1.69 bits per heavy atom. The summed E-state index contributed by atoms with van der Waals surface area (Å²) < 4.78 is 5.65. The number of benzene rings is 3. The third-order valence-electron chi connectivity index (χ3n) is 4.59. The Morgan fingerprint density at radius 1 is 1.00 bits per heavy atom. The van der Waals surface area contributed by atoms with Crippen LogP contribution in [0.1, 0.15) is 5.56 Å². The van der Waals surface area contributed by atoms with Crippen LogP contribution < -0.4 is 20.5 Å². The highest BCUT2D eigenvalue weighted by Gasteiger charge is 2.34. The summed E-state index contributed by atoms with van der Waals surface area (Å²) in [7, 11) is 0. The van der Waals surface area contributed by atoms with E-state index in [0.717, 1.165) is 0 Å². The van der Waals surface area contributed by atoms with Crippen LogP contribution in [0.5, 0.6) is 5.75 Å². The number of hydrazine groups is 1. The number of rotatable bonds is 6. The van der Waals surface area contributed by atoms with E-state index in [9.17, 15) is 14.4 Å². The van der Waals surface area contributed by atoms with E-state index < -0.39 is 11.8 Å². The van der Waals surface area contributed by atoms with E-state index in [1.807, 2.05) is 24.3 Å². The molecular weight excluding hydrogens is 430 g/mol. The fraction of sp³-hybridized carbons (Fsp3) is 0.0417. The van der Waals surface area contributed by atoms with Gasteiger partial charge in [0.25, 0.3) is 17.7 Å². The van der Waals surface area contributed by atoms with E-state index in [-0.39, 0.29) is 18.1 Å². The number of ether oxygens (including phenoxy) is 1. The van der Waals surface area contributed by atoms with Crippen LogP contribution in [0.3, 0.4) is 0 Å². The van der Waals surface area contributed by atoms with Gasteiger partial charge in [0.1, 0.15) is 11.3 Å². The maximum Gasteiger partial charge on any atom is 0.282 e. The third-order valence-corrected chi connectivity index (χ3v) is 4.83. The molecule has 0 spiro atoms. The van der Waals surface area contributed by atoms with Gasteiger partial charge in [-0.05, 0) is 48.5 Å². The normalized spacial score (nSPS) is 14.4. The van der Waals surface area contributed by atoms with Crippen molar-refractivity contribution in [2.24, 2.45) is 0 Å². The second-order valence-corrected chi connectivity index (χ2v) is 7.30. The molecule has 4 rings (SSSR count). The number of carbonyl (C=O) groups is 3. The number of amides is 3. The van der Waals surface area contributed by atoms with Gasteiger partial charge in [-0.15, -0.1) is 0 Å². The molecule has 0 bridgehead atoms. The molecular formula is C24H18ClN3O4. The maximum absolute atomic E-state index is 12.8. The SMILES string of the molecule is O=C(COc1ccc(Cl)cc1C=C1C(=O)NN(c2ccccc2)C1=O)Nc1ccccc1. The summed E-state index contributed by atoms with van der Waals surface area (Å²) in [6.07, 6.45) is 1.40. The molecule has 0 unspecified atom stereocenters. The predicted octanol–water partition coefficient (Wildman–Crippen LogP) is 3.82. The molecule has 160 valence electrons. The first-order chi connectivity index (χ1) is 15.5. The van der Waals surface area contributed by atoms with E-state index in [1.54, 1.807) is 54.6 Å². The summed E-state index contributed by atoms with van der Waals surface area (Å²) in [6, 6.07) is 22.5. The lowest BCUT2D eigenvalue weighted by molar-refractivity contribution is -0.118. The van der Waals surface area contributed by atoms with Gasteiger partial charge in [-0.1, -0.05) is 48.0 Å². The second-order valence-electron chi connectivity index (χ2n) is 6.86. The average Bonchev–Trinajstić information content (AvgIpc) is 3.08. The van der Waals surface area contributed by atoms with Gasteiger partial charge in [0.2, 0.25) is 0 Å². The minimum absolute atomic E-state index is 0.0743. The van der Waals surface area contributed by atoms with Gasteiger partial charge in [0.15, 0.2) is 6.61 Å². The highest BCUT2D eigenvalue weighted by Crippen LogP contribution is 2.28. The Balaban J connectivity index is 1.53. The van der Waals surface area contributed by atoms with Crippen molar-refractivity contribution in [1.29, 1.82) is 0 Å². The molecule has 1 fully saturated rings. The van der Waals surface area contributed by atoms with Crippen molar-refractivity contribution in [2.75, 3.05) is 16.9 Å². The molecule has 3 aromatic carbocycles. The standard InChI is InChI=1S/C24H18ClN3O4/c25-17-11-12-21(32-15-22(29)26-18-7-3-1-4-8-18)16(13-17)14-20-23(30)27-28(24(20)31)19-9-5-2-6-10-19/h1-14H,15H2,(H,26,29)(H,27,30). The molecule has 0 atom stereocenters. The van der Waals surface area contributed by atoms with Gasteiger partial charge in [-0.2, -0.15) is 0 Å². The minimum atomic E-state index is -0.549. The molecule has 0 saturated carbocycles. The number of nitrogens with one attached hydrogen (secondary N) is 2. The van der Waals surface area contributed by atoms with Crippen molar-refractivity contribution in [2.45, 2.75) is 0 Å². The molecule has 1 heterocycles. The molecule has 3 amide bonds. The lowest BCUT2D eigenvalue weighted by atomic mass is 10.1. The summed E-state index contributed by atoms with van der Waals surface area (Å²) in [5.74, 6) is -1.10.